The zero-order chi connectivity index (χ0) is 48.8. The van der Waals surface area contributed by atoms with Gasteiger partial charge in [-0.25, -0.2) is 19.3 Å². The minimum absolute atomic E-state index is 0. The first-order valence-corrected chi connectivity index (χ1v) is 20.2. The monoisotopic (exact) mass is 958 g/mol. The van der Waals surface area contributed by atoms with E-state index in [0.717, 1.165) is 6.33 Å². The summed E-state index contributed by atoms with van der Waals surface area (Å²) in [6, 6.07) is 3.17. The highest BCUT2D eigenvalue weighted by molar-refractivity contribution is 7.45. The number of aliphatic hydroxyl groups is 7. The van der Waals surface area contributed by atoms with Crippen molar-refractivity contribution in [2.75, 3.05) is 20.7 Å². The zero-order valence-electron chi connectivity index (χ0n) is 34.2. The second kappa shape index (κ2) is 19.6. The molecule has 1 amide bonds. The predicted octanol–water partition coefficient (Wildman–Crippen LogP) is -4.76. The van der Waals surface area contributed by atoms with E-state index in [9.17, 15) is 69.2 Å². The number of carbonyl (C=O) groups excluding carboxylic acids is 3. The number of ketones is 2. The molecular weight excluding hydrogens is 914 g/mol. The smallest absolute Gasteiger partial charge is 0.466 e. The molecule has 4 aliphatic rings. The molecule has 0 bridgehead atoms. The van der Waals surface area contributed by atoms with Crippen LogP contribution in [-0.4, -0.2) is 175 Å². The first-order valence-electron chi connectivity index (χ1n) is 18.6. The maximum Gasteiger partial charge on any atom is 0.466 e. The van der Waals surface area contributed by atoms with Crippen LogP contribution in [0.5, 0.6) is 11.6 Å². The van der Waals surface area contributed by atoms with Gasteiger partial charge in [0.2, 0.25) is 17.5 Å². The zero-order valence-corrected chi connectivity index (χ0v) is 35.1. The Morgan fingerprint density at radius 1 is 1.02 bits per heavy atom. The molecule has 1 saturated heterocycles. The van der Waals surface area contributed by atoms with E-state index in [1.54, 1.807) is 24.0 Å². The molecule has 4 aromatic rings. The Kier molecular flexibility index (Phi) is 15.6. The Morgan fingerprint density at radius 3 is 2.17 bits per heavy atom. The second-order valence-electron chi connectivity index (χ2n) is 15.0. The number of carbonyl (C=O) groups is 3. The third-order valence-corrected chi connectivity index (χ3v) is 10.9. The maximum atomic E-state index is 13.3. The van der Waals surface area contributed by atoms with Crippen molar-refractivity contribution in [2.24, 2.45) is 17.6 Å². The molecule has 30 heteroatoms. The Morgan fingerprint density at radius 2 is 1.64 bits per heavy atom. The molecule has 3 aromatic heterocycles. The molecule has 0 spiro atoms. The van der Waals surface area contributed by atoms with Gasteiger partial charge in [-0.1, -0.05) is 19.1 Å². The van der Waals surface area contributed by atoms with Gasteiger partial charge in [0.1, 0.15) is 47.5 Å². The van der Waals surface area contributed by atoms with Crippen LogP contribution in [0, 0.1) is 17.7 Å². The van der Waals surface area contributed by atoms with Crippen molar-refractivity contribution in [3.05, 3.63) is 97.5 Å². The molecule has 0 radical (unpaired) electrons. The number of nitrogens with two attached hydrogens (primary N) is 1. The molecule has 18 N–H and O–H groups in total. The number of likely N-dealkylation sites (N-methyl/N-ethyl adjacent to an activating group) is 1. The first kappa shape index (κ1) is 52.3. The summed E-state index contributed by atoms with van der Waals surface area (Å²) in [6.07, 6.45) is -2.67. The first-order chi connectivity index (χ1) is 30.2. The summed E-state index contributed by atoms with van der Waals surface area (Å²) in [5.74, 6) is -10.1. The molecule has 3 aliphatic carbocycles. The van der Waals surface area contributed by atoms with Crippen LogP contribution in [0.15, 0.2) is 69.3 Å². The van der Waals surface area contributed by atoms with Crippen LogP contribution in [0.4, 0.5) is 4.39 Å². The number of benzene rings is 1. The Balaban J connectivity index is 0.000000235. The van der Waals surface area contributed by atoms with Gasteiger partial charge in [0.05, 0.1) is 36.6 Å². The van der Waals surface area contributed by atoms with E-state index >= 15 is 0 Å². The average molecular weight is 959 g/mol. The number of imidazole rings is 1. The summed E-state index contributed by atoms with van der Waals surface area (Å²) in [5, 5.41) is 93.2. The number of halogens is 1. The van der Waals surface area contributed by atoms with Gasteiger partial charge in [0.25, 0.3) is 11.5 Å². The minimum Gasteiger partial charge on any atom is -0.510 e. The summed E-state index contributed by atoms with van der Waals surface area (Å²) < 4.78 is 27.6. The number of aromatic hydroxyl groups is 2. The van der Waals surface area contributed by atoms with Gasteiger partial charge in [-0.2, -0.15) is 9.37 Å². The number of primary amides is 1. The van der Waals surface area contributed by atoms with Gasteiger partial charge < -0.3 is 81.6 Å². The number of aliphatic hydroxyl groups excluding tert-OH is 6. The quantitative estimate of drug-likeness (QED) is 0.0674. The molecule has 10 atom stereocenters. The van der Waals surface area contributed by atoms with Crippen LogP contribution in [0.1, 0.15) is 35.0 Å². The van der Waals surface area contributed by atoms with Crippen molar-refractivity contribution >= 4 is 36.5 Å². The highest BCUT2D eigenvalue weighted by atomic mass is 31.2. The molecule has 0 unspecified atom stereocenters. The fourth-order valence-corrected chi connectivity index (χ4v) is 8.11. The van der Waals surface area contributed by atoms with E-state index in [1.165, 1.54) is 36.0 Å². The predicted molar refractivity (Wildman–Crippen MR) is 215 cm³/mol. The van der Waals surface area contributed by atoms with Gasteiger partial charge in [0, 0.05) is 17.7 Å². The Bertz CT molecular complexity index is 2750. The van der Waals surface area contributed by atoms with Gasteiger partial charge in [-0.3, -0.25) is 33.6 Å². The van der Waals surface area contributed by atoms with Crippen molar-refractivity contribution < 1.29 is 94.2 Å². The number of hydrogen-bond donors (Lipinski definition) is 15. The number of nitrogens with one attached hydrogen (secondary N) is 2. The summed E-state index contributed by atoms with van der Waals surface area (Å²) in [5.41, 5.74) is 0.0876. The van der Waals surface area contributed by atoms with Crippen molar-refractivity contribution in [2.45, 2.75) is 55.1 Å². The lowest BCUT2D eigenvalue weighted by Crippen LogP contribution is -2.68. The van der Waals surface area contributed by atoms with E-state index in [0.29, 0.717) is 11.8 Å². The number of aromatic nitrogens is 6. The minimum atomic E-state index is -4.64. The number of amides is 1. The molecule has 66 heavy (non-hydrogen) atoms. The number of aromatic amines is 2. The molecule has 360 valence electrons. The van der Waals surface area contributed by atoms with Gasteiger partial charge in [0.15, 0.2) is 28.8 Å². The number of phenols is 1. The van der Waals surface area contributed by atoms with Crippen LogP contribution < -0.4 is 17.0 Å². The number of phenolic OH excluding ortho intramolecular Hbond substituents is 1. The summed E-state index contributed by atoms with van der Waals surface area (Å²) in [4.78, 5) is 96.9. The van der Waals surface area contributed by atoms with Crippen molar-refractivity contribution in [3.8, 4) is 11.6 Å². The summed E-state index contributed by atoms with van der Waals surface area (Å²) in [7, 11) is -1.66. The number of rotatable bonds is 4. The fraction of sp³-hybridized carbons (Fsp3) is 0.389. The van der Waals surface area contributed by atoms with E-state index < -0.39 is 132 Å². The van der Waals surface area contributed by atoms with Gasteiger partial charge in [-0.15, -0.1) is 0 Å². The van der Waals surface area contributed by atoms with E-state index in [-0.39, 0.29) is 33.8 Å². The highest BCUT2D eigenvalue weighted by Crippen LogP contribution is 2.55. The van der Waals surface area contributed by atoms with Crippen LogP contribution in [0.3, 0.4) is 0 Å². The summed E-state index contributed by atoms with van der Waals surface area (Å²) >= 11 is 0. The van der Waals surface area contributed by atoms with Crippen molar-refractivity contribution in [1.82, 2.24) is 34.4 Å². The molecule has 0 saturated carbocycles. The number of phosphoric acid groups is 1. The highest BCUT2D eigenvalue weighted by Gasteiger charge is 2.67. The molecule has 8 rings (SSSR count). The lowest BCUT2D eigenvalue weighted by molar-refractivity contribution is -0.162. The number of ether oxygens (including phenoxy) is 1. The standard InChI is InChI=1S/C22H24N2O8.C10H12N4O5.C4H3FN2O2.H3O4P.H2O/c1-7-8-5-4-6-9(25)11(8)16(26)12-10(7)17(27)14-15(24(2)3)18(28)13(21(23)31)20(30)22(14,32)19(12)29;15-1-4-6(16)7(17)10(19-4)14-3-13-5-8(14)11-2-12-9(5)18;5-2-1-6-4(9)7-3(2)8;1-5(2,3)4;/h4-7,10,14-15,17,25,27-29,32H,1-3H3,(H2,23,31);2-4,6-7,10,15-17H,1H2,(H,11,12,18);1H,(H2,6,7,8,9);(H3,1,2,3,4);1H2/t7-,10+,14+,15-,17-,22-;4-,6-,7-,10-;;;/m01.../s1. The lowest BCUT2D eigenvalue weighted by Gasteiger charge is -2.53. The van der Waals surface area contributed by atoms with Crippen LogP contribution >= 0.6 is 7.82 Å². The number of H-pyrrole nitrogens is 2. The van der Waals surface area contributed by atoms with Gasteiger partial charge >= 0.3 is 13.5 Å². The largest absolute Gasteiger partial charge is 0.510 e. The van der Waals surface area contributed by atoms with Crippen LogP contribution in [0.25, 0.3) is 11.2 Å². The van der Waals surface area contributed by atoms with Gasteiger partial charge in [-0.05, 0) is 31.6 Å². The van der Waals surface area contributed by atoms with Crippen LogP contribution in [-0.2, 0) is 18.9 Å². The third kappa shape index (κ3) is 9.49. The number of fused-ring (bicyclic) bond motifs is 4. The number of nitrogens with zero attached hydrogens (tertiary/aromatic N) is 5. The molecule has 1 fully saturated rings. The topological polar surface area (TPSA) is 490 Å². The van der Waals surface area contributed by atoms with E-state index in [1.807, 2.05) is 4.98 Å². The molecule has 28 nitrogen and oxygen atoms in total. The average Bonchev–Trinajstić information content (AvgIpc) is 3.77. The third-order valence-electron chi connectivity index (χ3n) is 10.9. The molecule has 1 aromatic carbocycles. The molecule has 4 heterocycles. The van der Waals surface area contributed by atoms with Crippen molar-refractivity contribution in [3.63, 3.8) is 0 Å². The maximum absolute atomic E-state index is 13.3. The Labute approximate surface area is 367 Å². The summed E-state index contributed by atoms with van der Waals surface area (Å²) in [6.45, 7) is 1.26. The Hall–Kier alpha value is -6.34. The number of Topliss-reactive ketones (excluding diaryl/α,β-unsaturated/α-hetero) is 2. The SMILES string of the molecule is C[C@H]1c2cccc(O)c2C(=O)C2=C(O)[C@]3(O)C(=O)C(C(N)=O)=C(O)[C@@H](N(C)C)[C@@H]3[C@@H](O)[C@@H]21.O.O=P(O)(O)O.O=c1[nH]cc(F)c(=O)[nH]1.OC[C@H]1O[C@@H](n2cnc3c(O)ncnc32)[C@H](O)[C@@H]1O. The van der Waals surface area contributed by atoms with Crippen LogP contribution in [0.2, 0.25) is 0 Å². The lowest BCUT2D eigenvalue weighted by atomic mass is 9.55. The fourth-order valence-electron chi connectivity index (χ4n) is 8.11. The molecular formula is C36H44FN8O20P. The van der Waals surface area contributed by atoms with E-state index in [4.69, 9.17) is 34.8 Å². The molecule has 1 aliphatic heterocycles. The normalized spacial score (nSPS) is 27.8. The second-order valence-corrected chi connectivity index (χ2v) is 16.0. The number of hydrogen-bond acceptors (Lipinski definition) is 20. The van der Waals surface area contributed by atoms with Crippen molar-refractivity contribution in [1.29, 1.82) is 0 Å². The van der Waals surface area contributed by atoms with E-state index in [2.05, 4.69) is 15.0 Å².